The van der Waals surface area contributed by atoms with Gasteiger partial charge in [0.1, 0.15) is 0 Å². The van der Waals surface area contributed by atoms with Crippen molar-refractivity contribution in [1.29, 1.82) is 0 Å². The van der Waals surface area contributed by atoms with Crippen molar-refractivity contribution in [3.8, 4) is 0 Å². The quantitative estimate of drug-likeness (QED) is 0.816. The van der Waals surface area contributed by atoms with Crippen molar-refractivity contribution >= 4 is 0 Å². The monoisotopic (exact) mass is 231 g/mol. The molecule has 94 valence electrons. The molecule has 0 spiro atoms. The van der Waals surface area contributed by atoms with E-state index in [-0.39, 0.29) is 16.9 Å². The van der Waals surface area contributed by atoms with Crippen LogP contribution in [0.3, 0.4) is 0 Å². The third-order valence-electron chi connectivity index (χ3n) is 4.58. The van der Waals surface area contributed by atoms with E-state index in [0.717, 1.165) is 12.8 Å². The van der Waals surface area contributed by atoms with Crippen LogP contribution in [-0.4, -0.2) is 0 Å². The highest BCUT2D eigenvalue weighted by atomic mass is 14.7. The Morgan fingerprint density at radius 2 is 2.00 bits per heavy atom. The molecule has 1 atom stereocenters. The van der Waals surface area contributed by atoms with Crippen LogP contribution >= 0.6 is 0 Å². The Hall–Kier alpha value is -0.820. The lowest BCUT2D eigenvalue weighted by atomic mass is 9.79. The highest BCUT2D eigenvalue weighted by Gasteiger charge is 2.35. The maximum absolute atomic E-state index is 6.28. The first-order valence-electron chi connectivity index (χ1n) is 6.68. The van der Waals surface area contributed by atoms with E-state index in [0.29, 0.717) is 0 Å². The summed E-state index contributed by atoms with van der Waals surface area (Å²) in [4.78, 5) is 0. The molecule has 0 saturated carbocycles. The van der Waals surface area contributed by atoms with E-state index in [4.69, 9.17) is 5.73 Å². The van der Waals surface area contributed by atoms with Gasteiger partial charge in [0.05, 0.1) is 0 Å². The zero-order valence-corrected chi connectivity index (χ0v) is 11.8. The van der Waals surface area contributed by atoms with Gasteiger partial charge in [-0.05, 0) is 40.4 Å². The molecule has 1 aliphatic rings. The van der Waals surface area contributed by atoms with Crippen LogP contribution in [0.15, 0.2) is 18.2 Å². The maximum Gasteiger partial charge on any atom is 0.0306 e. The van der Waals surface area contributed by atoms with Gasteiger partial charge in [-0.3, -0.25) is 0 Å². The predicted octanol–water partition coefficient (Wildman–Crippen LogP) is 4.06. The molecule has 0 saturated heterocycles. The predicted molar refractivity (Wildman–Crippen MR) is 74.3 cm³/mol. The molecule has 0 fully saturated rings. The lowest BCUT2D eigenvalue weighted by Gasteiger charge is -2.25. The molecule has 1 aliphatic carbocycles. The van der Waals surface area contributed by atoms with E-state index >= 15 is 0 Å². The number of hydrogen-bond donors (Lipinski definition) is 1. The zero-order chi connectivity index (χ0) is 12.8. The summed E-state index contributed by atoms with van der Waals surface area (Å²) in [6, 6.07) is 7.16. The van der Waals surface area contributed by atoms with Crippen LogP contribution in [0.25, 0.3) is 0 Å². The molecular weight excluding hydrogens is 206 g/mol. The molecule has 2 N–H and O–H groups in total. The molecular formula is C16H25N. The average molecular weight is 231 g/mol. The Kier molecular flexibility index (Phi) is 2.86. The number of hydrogen-bond acceptors (Lipinski definition) is 1. The van der Waals surface area contributed by atoms with E-state index in [1.54, 1.807) is 0 Å². The largest absolute Gasteiger partial charge is 0.324 e. The van der Waals surface area contributed by atoms with Gasteiger partial charge in [-0.1, -0.05) is 52.8 Å². The molecule has 1 nitrogen and oxygen atoms in total. The molecule has 0 heterocycles. The van der Waals surface area contributed by atoms with Crippen molar-refractivity contribution in [2.75, 3.05) is 0 Å². The summed E-state index contributed by atoms with van der Waals surface area (Å²) < 4.78 is 0. The van der Waals surface area contributed by atoms with Crippen LogP contribution < -0.4 is 5.73 Å². The highest BCUT2D eigenvalue weighted by Crippen LogP contribution is 2.44. The summed E-state index contributed by atoms with van der Waals surface area (Å²) >= 11 is 0. The second-order valence-electron chi connectivity index (χ2n) is 6.73. The van der Waals surface area contributed by atoms with E-state index < -0.39 is 0 Å². The molecule has 0 unspecified atom stereocenters. The third kappa shape index (κ3) is 2.01. The molecule has 17 heavy (non-hydrogen) atoms. The van der Waals surface area contributed by atoms with Crippen LogP contribution in [0.5, 0.6) is 0 Å². The second kappa shape index (κ2) is 3.84. The number of nitrogens with two attached hydrogens (primary N) is 1. The first kappa shape index (κ1) is 12.6. The number of rotatable bonds is 2. The molecule has 0 aliphatic heterocycles. The fraction of sp³-hybridized carbons (Fsp3) is 0.625. The van der Waals surface area contributed by atoms with E-state index in [9.17, 15) is 0 Å². The summed E-state index contributed by atoms with van der Waals surface area (Å²) in [5.74, 6) is 0. The Bertz CT molecular complexity index is 429. The van der Waals surface area contributed by atoms with Gasteiger partial charge in [0.25, 0.3) is 0 Å². The molecule has 1 heteroatoms. The molecule has 0 aromatic heterocycles. The third-order valence-corrected chi connectivity index (χ3v) is 4.58. The molecule has 1 aromatic rings. The van der Waals surface area contributed by atoms with Crippen LogP contribution in [0.1, 0.15) is 70.2 Å². The van der Waals surface area contributed by atoms with Gasteiger partial charge in [0.15, 0.2) is 0 Å². The fourth-order valence-corrected chi connectivity index (χ4v) is 2.88. The van der Waals surface area contributed by atoms with Crippen molar-refractivity contribution in [3.63, 3.8) is 0 Å². The van der Waals surface area contributed by atoms with E-state index in [2.05, 4.69) is 52.8 Å². The Morgan fingerprint density at radius 3 is 2.59 bits per heavy atom. The lowest BCUT2D eigenvalue weighted by Crippen LogP contribution is -2.17. The van der Waals surface area contributed by atoms with Gasteiger partial charge in [0.2, 0.25) is 0 Å². The van der Waals surface area contributed by atoms with Crippen LogP contribution in [0, 0.1) is 0 Å². The Balaban J connectivity index is 2.50. The fourth-order valence-electron chi connectivity index (χ4n) is 2.88. The Labute approximate surface area is 105 Å². The van der Waals surface area contributed by atoms with Gasteiger partial charge in [-0.25, -0.2) is 0 Å². The first-order valence-corrected chi connectivity index (χ1v) is 6.68. The smallest absolute Gasteiger partial charge is 0.0306 e. The summed E-state index contributed by atoms with van der Waals surface area (Å²) in [7, 11) is 0. The lowest BCUT2D eigenvalue weighted by molar-refractivity contribution is 0.481. The van der Waals surface area contributed by atoms with Gasteiger partial charge in [-0.15, -0.1) is 0 Å². The topological polar surface area (TPSA) is 26.0 Å². The molecule has 0 radical (unpaired) electrons. The normalized spacial score (nSPS) is 22.6. The summed E-state index contributed by atoms with van der Waals surface area (Å²) in [5, 5.41) is 0. The number of fused-ring (bicyclic) bond motifs is 1. The van der Waals surface area contributed by atoms with Crippen molar-refractivity contribution in [3.05, 3.63) is 34.9 Å². The first-order chi connectivity index (χ1) is 7.78. The molecule has 0 amide bonds. The van der Waals surface area contributed by atoms with E-state index in [1.807, 2.05) is 0 Å². The minimum Gasteiger partial charge on any atom is -0.324 e. The van der Waals surface area contributed by atoms with Gasteiger partial charge < -0.3 is 5.73 Å². The highest BCUT2D eigenvalue weighted by molar-refractivity contribution is 5.45. The molecule has 1 aromatic carbocycles. The van der Waals surface area contributed by atoms with Crippen molar-refractivity contribution in [2.24, 2.45) is 5.73 Å². The van der Waals surface area contributed by atoms with Crippen LogP contribution in [-0.2, 0) is 10.8 Å². The van der Waals surface area contributed by atoms with Gasteiger partial charge >= 0.3 is 0 Å². The average Bonchev–Trinajstić information content (AvgIpc) is 2.49. The molecule has 0 bridgehead atoms. The minimum atomic E-state index is 0.215. The summed E-state index contributed by atoms with van der Waals surface area (Å²) in [6.07, 6.45) is 2.22. The molecule has 2 rings (SSSR count). The van der Waals surface area contributed by atoms with Gasteiger partial charge in [0, 0.05) is 6.04 Å². The maximum atomic E-state index is 6.28. The zero-order valence-electron chi connectivity index (χ0n) is 11.8. The van der Waals surface area contributed by atoms with Crippen molar-refractivity contribution < 1.29 is 0 Å². The minimum absolute atomic E-state index is 0.215. The SMILES string of the molecule is CCC(C)(C)c1ccc2c(c1)[C@H](N)CC2(C)C. The van der Waals surface area contributed by atoms with Crippen molar-refractivity contribution in [2.45, 2.75) is 64.3 Å². The summed E-state index contributed by atoms with van der Waals surface area (Å²) in [6.45, 7) is 11.4. The number of benzene rings is 1. The van der Waals surface area contributed by atoms with Crippen LogP contribution in [0.4, 0.5) is 0 Å². The second-order valence-corrected chi connectivity index (χ2v) is 6.73. The van der Waals surface area contributed by atoms with Gasteiger partial charge in [-0.2, -0.15) is 0 Å². The van der Waals surface area contributed by atoms with Crippen LogP contribution in [0.2, 0.25) is 0 Å². The summed E-state index contributed by atoms with van der Waals surface area (Å²) in [5.41, 5.74) is 11.0. The van der Waals surface area contributed by atoms with Crippen molar-refractivity contribution in [1.82, 2.24) is 0 Å². The standard InChI is InChI=1S/C16H25N/c1-6-15(2,3)11-7-8-13-12(9-11)14(17)10-16(13,4)5/h7-9,14H,6,10,17H2,1-5H3/t14-/m1/s1. The Morgan fingerprint density at radius 1 is 1.35 bits per heavy atom. The van der Waals surface area contributed by atoms with E-state index in [1.165, 1.54) is 16.7 Å².